The van der Waals surface area contributed by atoms with E-state index in [1.54, 1.807) is 19.1 Å². The zero-order valence-corrected chi connectivity index (χ0v) is 8.55. The summed E-state index contributed by atoms with van der Waals surface area (Å²) in [6.45, 7) is 2.03. The van der Waals surface area contributed by atoms with Gasteiger partial charge in [-0.1, -0.05) is 0 Å². The van der Waals surface area contributed by atoms with Gasteiger partial charge < -0.3 is 15.7 Å². The van der Waals surface area contributed by atoms with E-state index in [-0.39, 0.29) is 0 Å². The summed E-state index contributed by atoms with van der Waals surface area (Å²) >= 11 is 0. The Morgan fingerprint density at radius 2 is 2.47 bits per heavy atom. The molecule has 1 atom stereocenters. The maximum absolute atomic E-state index is 11.2. The number of esters is 1. The molecule has 1 unspecified atom stereocenters. The zero-order chi connectivity index (χ0) is 11.3. The lowest BCUT2D eigenvalue weighted by atomic mass is 10.1. The number of rotatable bonds is 4. The molecular weight excluding hydrogens is 196 g/mol. The third kappa shape index (κ3) is 3.55. The number of hydrogen-bond acceptors (Lipinski definition) is 4. The molecule has 0 aliphatic carbocycles. The predicted octanol–water partition coefficient (Wildman–Crippen LogP) is -0.247. The molecule has 5 heteroatoms. The van der Waals surface area contributed by atoms with E-state index in [1.807, 2.05) is 0 Å². The fourth-order valence-corrected chi connectivity index (χ4v) is 1.21. The molecule has 2 N–H and O–H groups in total. The van der Waals surface area contributed by atoms with Crippen LogP contribution in [0.15, 0.2) is 24.5 Å². The van der Waals surface area contributed by atoms with Crippen LogP contribution < -0.4 is 10.5 Å². The van der Waals surface area contributed by atoms with Crippen molar-refractivity contribution in [2.24, 2.45) is 5.73 Å². The van der Waals surface area contributed by atoms with Crippen LogP contribution in [-0.2, 0) is 16.0 Å². The van der Waals surface area contributed by atoms with Crippen LogP contribution in [0.5, 0.6) is 0 Å². The molecule has 0 saturated carbocycles. The summed E-state index contributed by atoms with van der Waals surface area (Å²) in [6, 6.07) is 2.64. The van der Waals surface area contributed by atoms with Crippen molar-refractivity contribution in [1.82, 2.24) is 0 Å². The van der Waals surface area contributed by atoms with Crippen LogP contribution in [0.2, 0.25) is 0 Å². The Morgan fingerprint density at radius 3 is 3.07 bits per heavy atom. The molecule has 0 aromatic carbocycles. The van der Waals surface area contributed by atoms with Gasteiger partial charge in [0.1, 0.15) is 6.04 Å². The second-order valence-electron chi connectivity index (χ2n) is 3.13. The quantitative estimate of drug-likeness (QED) is 0.422. The first-order valence-corrected chi connectivity index (χ1v) is 4.73. The third-order valence-electron chi connectivity index (χ3n) is 1.88. The van der Waals surface area contributed by atoms with Crippen LogP contribution in [0.1, 0.15) is 12.5 Å². The van der Waals surface area contributed by atoms with E-state index in [4.69, 9.17) is 10.5 Å². The monoisotopic (exact) mass is 210 g/mol. The van der Waals surface area contributed by atoms with Crippen molar-refractivity contribution in [3.8, 4) is 0 Å². The van der Waals surface area contributed by atoms with Gasteiger partial charge in [-0.2, -0.15) is 4.73 Å². The Morgan fingerprint density at radius 1 is 1.73 bits per heavy atom. The fourth-order valence-electron chi connectivity index (χ4n) is 1.21. The van der Waals surface area contributed by atoms with Gasteiger partial charge in [-0.15, -0.1) is 0 Å². The number of carbonyl (C=O) groups is 1. The normalized spacial score (nSPS) is 12.1. The molecule has 0 amide bonds. The summed E-state index contributed by atoms with van der Waals surface area (Å²) in [5, 5.41) is 10.9. The molecule has 1 aromatic heterocycles. The van der Waals surface area contributed by atoms with E-state index in [2.05, 4.69) is 0 Å². The minimum absolute atomic E-state index is 0.307. The minimum Gasteiger partial charge on any atom is -0.619 e. The van der Waals surface area contributed by atoms with E-state index in [0.29, 0.717) is 23.3 Å². The molecular formula is C10H14N2O3. The number of carbonyl (C=O) groups excluding carboxylic acids is 1. The van der Waals surface area contributed by atoms with Crippen LogP contribution in [0.25, 0.3) is 0 Å². The lowest BCUT2D eigenvalue weighted by molar-refractivity contribution is -0.605. The fraction of sp³-hybridized carbons (Fsp3) is 0.400. The number of hydrogen-bond donors (Lipinski definition) is 1. The first-order valence-electron chi connectivity index (χ1n) is 4.73. The molecule has 82 valence electrons. The maximum Gasteiger partial charge on any atom is 0.323 e. The molecule has 0 bridgehead atoms. The van der Waals surface area contributed by atoms with Crippen LogP contribution in [0.4, 0.5) is 0 Å². The van der Waals surface area contributed by atoms with Crippen molar-refractivity contribution in [3.05, 3.63) is 35.3 Å². The van der Waals surface area contributed by atoms with Gasteiger partial charge in [0.15, 0.2) is 12.4 Å². The molecule has 1 rings (SSSR count). The standard InChI is InChI=1S/C10H14N2O3/c1-2-15-10(13)9(11)6-8-4-3-5-12(14)7-8/h3-5,7,9H,2,6,11H2,1H3. The average Bonchev–Trinajstić information content (AvgIpc) is 2.18. The van der Waals surface area contributed by atoms with Gasteiger partial charge in [0.25, 0.3) is 0 Å². The molecule has 15 heavy (non-hydrogen) atoms. The SMILES string of the molecule is CCOC(=O)C(N)Cc1ccc[n+]([O-])c1. The van der Waals surface area contributed by atoms with E-state index >= 15 is 0 Å². The highest BCUT2D eigenvalue weighted by Crippen LogP contribution is 2.00. The van der Waals surface area contributed by atoms with Crippen molar-refractivity contribution < 1.29 is 14.3 Å². The molecule has 1 heterocycles. The molecule has 0 spiro atoms. The van der Waals surface area contributed by atoms with Crippen LogP contribution in [0.3, 0.4) is 0 Å². The van der Waals surface area contributed by atoms with Crippen molar-refractivity contribution in [1.29, 1.82) is 0 Å². The lowest BCUT2D eigenvalue weighted by Gasteiger charge is -2.09. The summed E-state index contributed by atoms with van der Waals surface area (Å²) in [4.78, 5) is 11.2. The van der Waals surface area contributed by atoms with Gasteiger partial charge >= 0.3 is 5.97 Å². The van der Waals surface area contributed by atoms with Crippen molar-refractivity contribution in [3.63, 3.8) is 0 Å². The maximum atomic E-state index is 11.2. The Bertz CT molecular complexity index is 341. The van der Waals surface area contributed by atoms with Crippen molar-refractivity contribution in [2.75, 3.05) is 6.61 Å². The smallest absolute Gasteiger partial charge is 0.323 e. The van der Waals surface area contributed by atoms with Gasteiger partial charge in [0.05, 0.1) is 6.61 Å². The Hall–Kier alpha value is -1.62. The highest BCUT2D eigenvalue weighted by molar-refractivity contribution is 5.75. The lowest BCUT2D eigenvalue weighted by Crippen LogP contribution is -2.35. The van der Waals surface area contributed by atoms with E-state index in [1.165, 1.54) is 12.4 Å². The molecule has 0 radical (unpaired) electrons. The van der Waals surface area contributed by atoms with Crippen LogP contribution in [-0.4, -0.2) is 18.6 Å². The number of nitrogens with two attached hydrogens (primary N) is 1. The molecule has 5 nitrogen and oxygen atoms in total. The van der Waals surface area contributed by atoms with E-state index in [0.717, 1.165) is 0 Å². The molecule has 0 fully saturated rings. The van der Waals surface area contributed by atoms with Crippen molar-refractivity contribution >= 4 is 5.97 Å². The molecule has 0 aliphatic heterocycles. The average molecular weight is 210 g/mol. The summed E-state index contributed by atoms with van der Waals surface area (Å²) in [7, 11) is 0. The van der Waals surface area contributed by atoms with Gasteiger partial charge in [0.2, 0.25) is 0 Å². The van der Waals surface area contributed by atoms with Crippen molar-refractivity contribution in [2.45, 2.75) is 19.4 Å². The summed E-state index contributed by atoms with van der Waals surface area (Å²) in [6.07, 6.45) is 3.07. The summed E-state index contributed by atoms with van der Waals surface area (Å²) in [5.41, 5.74) is 6.32. The minimum atomic E-state index is -0.715. The first kappa shape index (κ1) is 11.5. The van der Waals surface area contributed by atoms with Crippen LogP contribution in [0, 0.1) is 5.21 Å². The third-order valence-corrected chi connectivity index (χ3v) is 1.88. The first-order chi connectivity index (χ1) is 7.13. The second kappa shape index (κ2) is 5.31. The van der Waals surface area contributed by atoms with E-state index < -0.39 is 12.0 Å². The largest absolute Gasteiger partial charge is 0.619 e. The Kier molecular flexibility index (Phi) is 4.05. The van der Waals surface area contributed by atoms with Crippen LogP contribution >= 0.6 is 0 Å². The zero-order valence-electron chi connectivity index (χ0n) is 8.55. The van der Waals surface area contributed by atoms with E-state index in [9.17, 15) is 10.0 Å². The molecule has 0 saturated heterocycles. The highest BCUT2D eigenvalue weighted by Gasteiger charge is 2.15. The number of ether oxygens (including phenoxy) is 1. The van der Waals surface area contributed by atoms with Gasteiger partial charge in [-0.25, -0.2) is 0 Å². The van der Waals surface area contributed by atoms with Gasteiger partial charge in [0, 0.05) is 18.1 Å². The topological polar surface area (TPSA) is 79.3 Å². The molecule has 0 aliphatic rings. The number of nitrogens with zero attached hydrogens (tertiary/aromatic N) is 1. The Labute approximate surface area is 88.0 Å². The van der Waals surface area contributed by atoms with Gasteiger partial charge in [-0.05, 0) is 13.0 Å². The predicted molar refractivity (Wildman–Crippen MR) is 53.7 cm³/mol. The second-order valence-corrected chi connectivity index (χ2v) is 3.13. The number of aromatic nitrogens is 1. The highest BCUT2D eigenvalue weighted by atomic mass is 16.5. The number of pyridine rings is 1. The summed E-state index contributed by atoms with van der Waals surface area (Å²) < 4.78 is 5.43. The molecule has 1 aromatic rings. The van der Waals surface area contributed by atoms with Gasteiger partial charge in [-0.3, -0.25) is 4.79 Å². The Balaban J connectivity index is 2.58. The summed E-state index contributed by atoms with van der Waals surface area (Å²) in [5.74, 6) is -0.446.